The molecule has 0 aliphatic rings. The molecule has 1 amide bonds. The van der Waals surface area contributed by atoms with Crippen LogP contribution in [-0.2, 0) is 23.6 Å². The first-order valence-electron chi connectivity index (χ1n) is 13.5. The van der Waals surface area contributed by atoms with Crippen molar-refractivity contribution >= 4 is 43.1 Å². The molecule has 0 radical (unpaired) electrons. The number of carbonyl (C=O) groups excluding carboxylic acids is 4. The van der Waals surface area contributed by atoms with Gasteiger partial charge in [-0.3, -0.25) is 9.59 Å². The van der Waals surface area contributed by atoms with Crippen molar-refractivity contribution in [3.05, 3.63) is 71.8 Å². The zero-order valence-corrected chi connectivity index (χ0v) is 24.6. The van der Waals surface area contributed by atoms with Gasteiger partial charge in [0.15, 0.2) is 11.9 Å². The molecule has 10 heteroatoms. The van der Waals surface area contributed by atoms with E-state index < -0.39 is 20.4 Å². The topological polar surface area (TPSA) is 117 Å². The van der Waals surface area contributed by atoms with Crippen molar-refractivity contribution in [2.75, 3.05) is 26.4 Å². The molecule has 3 aromatic rings. The predicted octanol–water partition coefficient (Wildman–Crippen LogP) is 5.59. The number of methoxy groups -OCH3 is 1. The van der Waals surface area contributed by atoms with Crippen LogP contribution < -0.4 is 14.6 Å². The third kappa shape index (κ3) is 9.10. The van der Waals surface area contributed by atoms with Gasteiger partial charge in [0.25, 0.3) is 0 Å². The van der Waals surface area contributed by atoms with Crippen LogP contribution in [0, 0.1) is 0 Å². The Bertz CT molecular complexity index is 1350. The average molecular weight is 582 g/mol. The monoisotopic (exact) mass is 581 g/mol. The molecule has 0 aliphatic carbocycles. The van der Waals surface area contributed by atoms with Gasteiger partial charge in [0.2, 0.25) is 14.3 Å². The SMILES string of the molecule is CCOC(=O)[C@@H](C)OP(CCNC(=O)CCC(=O)c1c(OC)ccc2cc([C@@H](C)C=O)ccc12)Oc1ccccc1. The molecule has 9 nitrogen and oxygen atoms in total. The molecule has 0 saturated heterocycles. The Kier molecular flexibility index (Phi) is 12.3. The lowest BCUT2D eigenvalue weighted by atomic mass is 9.93. The molecule has 0 bridgehead atoms. The number of benzene rings is 3. The molecule has 0 fully saturated rings. The van der Waals surface area contributed by atoms with Gasteiger partial charge < -0.3 is 28.6 Å². The Morgan fingerprint density at radius 1 is 1.00 bits per heavy atom. The number of para-hydroxylation sites is 1. The lowest BCUT2D eigenvalue weighted by Gasteiger charge is -2.21. The molecule has 0 saturated carbocycles. The standard InChI is InChI=1S/C31H36NO8P/c1-5-38-31(36)22(3)39-41(40-25-9-7-6-8-10-25)18-17-32-29(35)16-14-27(34)30-26-13-11-23(21(2)20-33)19-24(26)12-15-28(30)37-4/h6-13,15,19-22H,5,14,16-18H2,1-4H3,(H,32,35)/t21-,22+,41?/m0/s1. The van der Waals surface area contributed by atoms with E-state index in [2.05, 4.69) is 5.32 Å². The van der Waals surface area contributed by atoms with Gasteiger partial charge in [-0.2, -0.15) is 0 Å². The summed E-state index contributed by atoms with van der Waals surface area (Å²) in [6.45, 7) is 5.60. The molecule has 0 spiro atoms. The average Bonchev–Trinajstić information content (AvgIpc) is 2.99. The minimum absolute atomic E-state index is 0.0144. The molecule has 1 unspecified atom stereocenters. The lowest BCUT2D eigenvalue weighted by Crippen LogP contribution is -2.28. The van der Waals surface area contributed by atoms with E-state index in [1.54, 1.807) is 32.0 Å². The van der Waals surface area contributed by atoms with Crippen LogP contribution in [0.15, 0.2) is 60.7 Å². The van der Waals surface area contributed by atoms with Crippen LogP contribution >= 0.6 is 8.38 Å². The number of nitrogens with one attached hydrogen (secondary N) is 1. The van der Waals surface area contributed by atoms with E-state index in [1.165, 1.54) is 7.11 Å². The second-order valence-corrected chi connectivity index (χ2v) is 10.8. The molecule has 0 aliphatic heterocycles. The Labute approximate surface area is 241 Å². The van der Waals surface area contributed by atoms with Gasteiger partial charge in [0, 0.05) is 31.5 Å². The normalized spacial score (nSPS) is 13.1. The van der Waals surface area contributed by atoms with E-state index in [-0.39, 0.29) is 43.6 Å². The highest BCUT2D eigenvalue weighted by atomic mass is 31.2. The van der Waals surface area contributed by atoms with E-state index >= 15 is 0 Å². The van der Waals surface area contributed by atoms with E-state index in [1.807, 2.05) is 49.4 Å². The third-order valence-electron chi connectivity index (χ3n) is 6.27. The highest BCUT2D eigenvalue weighted by Gasteiger charge is 2.23. The van der Waals surface area contributed by atoms with Crippen LogP contribution in [0.3, 0.4) is 0 Å². The van der Waals surface area contributed by atoms with Crippen LogP contribution in [-0.4, -0.2) is 56.5 Å². The van der Waals surface area contributed by atoms with Crippen molar-refractivity contribution in [3.63, 3.8) is 0 Å². The van der Waals surface area contributed by atoms with Crippen molar-refractivity contribution in [2.45, 2.75) is 45.6 Å². The number of hydrogen-bond acceptors (Lipinski definition) is 8. The van der Waals surface area contributed by atoms with Gasteiger partial charge in [0.05, 0.1) is 19.3 Å². The first-order chi connectivity index (χ1) is 19.8. The summed E-state index contributed by atoms with van der Waals surface area (Å²) >= 11 is 0. The summed E-state index contributed by atoms with van der Waals surface area (Å²) in [6.07, 6.45) is 0.341. The van der Waals surface area contributed by atoms with Gasteiger partial charge in [-0.15, -0.1) is 0 Å². The van der Waals surface area contributed by atoms with E-state index in [9.17, 15) is 19.2 Å². The fourth-order valence-corrected chi connectivity index (χ4v) is 5.40. The van der Waals surface area contributed by atoms with Crippen LogP contribution in [0.1, 0.15) is 55.5 Å². The maximum Gasteiger partial charge on any atom is 0.335 e. The minimum Gasteiger partial charge on any atom is -0.496 e. The Hall–Kier alpha value is -3.81. The predicted molar refractivity (Wildman–Crippen MR) is 158 cm³/mol. The number of ether oxygens (including phenoxy) is 2. The van der Waals surface area contributed by atoms with Crippen molar-refractivity contribution in [1.82, 2.24) is 5.32 Å². The summed E-state index contributed by atoms with van der Waals surface area (Å²) < 4.78 is 22.2. The van der Waals surface area contributed by atoms with Gasteiger partial charge >= 0.3 is 5.97 Å². The number of Topliss-reactive ketones (excluding diaryl/α,β-unsaturated/α-hetero) is 1. The molecule has 218 valence electrons. The largest absolute Gasteiger partial charge is 0.496 e. The first-order valence-corrected chi connectivity index (χ1v) is 14.8. The summed E-state index contributed by atoms with van der Waals surface area (Å²) in [7, 11) is -0.0702. The summed E-state index contributed by atoms with van der Waals surface area (Å²) in [5.74, 6) is -0.258. The van der Waals surface area contributed by atoms with E-state index in [0.717, 1.165) is 17.2 Å². The van der Waals surface area contributed by atoms with Gasteiger partial charge in [0.1, 0.15) is 17.8 Å². The minimum atomic E-state index is -1.56. The Balaban J connectivity index is 1.60. The Morgan fingerprint density at radius 3 is 2.44 bits per heavy atom. The molecule has 3 aromatic carbocycles. The number of aldehydes is 1. The summed E-state index contributed by atoms with van der Waals surface area (Å²) in [5, 5.41) is 4.33. The number of rotatable bonds is 16. The van der Waals surface area contributed by atoms with E-state index in [0.29, 0.717) is 28.6 Å². The van der Waals surface area contributed by atoms with Crippen LogP contribution in [0.25, 0.3) is 10.8 Å². The quantitative estimate of drug-likeness (QED) is 0.101. The molecule has 3 atom stereocenters. The molecular weight excluding hydrogens is 545 g/mol. The fraction of sp³-hybridized carbons (Fsp3) is 0.355. The van der Waals surface area contributed by atoms with Crippen molar-refractivity contribution in [1.29, 1.82) is 0 Å². The molecule has 0 heterocycles. The highest BCUT2D eigenvalue weighted by molar-refractivity contribution is 7.47. The van der Waals surface area contributed by atoms with Crippen LogP contribution in [0.4, 0.5) is 0 Å². The highest BCUT2D eigenvalue weighted by Crippen LogP contribution is 2.40. The zero-order chi connectivity index (χ0) is 29.8. The van der Waals surface area contributed by atoms with E-state index in [4.69, 9.17) is 18.5 Å². The summed E-state index contributed by atoms with van der Waals surface area (Å²) in [6, 6.07) is 18.2. The van der Waals surface area contributed by atoms with Crippen molar-refractivity contribution in [2.24, 2.45) is 0 Å². The number of ketones is 1. The van der Waals surface area contributed by atoms with Gasteiger partial charge in [-0.25, -0.2) is 4.79 Å². The zero-order valence-electron chi connectivity index (χ0n) is 23.8. The summed E-state index contributed by atoms with van der Waals surface area (Å²) in [4.78, 5) is 49.1. The second-order valence-electron chi connectivity index (χ2n) is 9.28. The number of amides is 1. The van der Waals surface area contributed by atoms with Crippen LogP contribution in [0.5, 0.6) is 11.5 Å². The molecule has 41 heavy (non-hydrogen) atoms. The van der Waals surface area contributed by atoms with Crippen molar-refractivity contribution in [3.8, 4) is 11.5 Å². The summed E-state index contributed by atoms with van der Waals surface area (Å²) in [5.41, 5.74) is 1.26. The number of carbonyl (C=O) groups is 4. The first kappa shape index (κ1) is 31.7. The molecule has 3 rings (SSSR count). The number of esters is 1. The van der Waals surface area contributed by atoms with Crippen LogP contribution in [0.2, 0.25) is 0 Å². The molecular formula is C31H36NO8P. The number of fused-ring (bicyclic) bond motifs is 1. The maximum atomic E-state index is 13.2. The smallest absolute Gasteiger partial charge is 0.335 e. The van der Waals surface area contributed by atoms with Gasteiger partial charge in [-0.1, -0.05) is 49.4 Å². The lowest BCUT2D eigenvalue weighted by molar-refractivity contribution is -0.150. The third-order valence-corrected chi connectivity index (χ3v) is 7.83. The maximum absolute atomic E-state index is 13.2. The molecule has 1 N–H and O–H groups in total. The second kappa shape index (κ2) is 15.8. The molecule has 0 aromatic heterocycles. The fourth-order valence-electron chi connectivity index (χ4n) is 4.07. The van der Waals surface area contributed by atoms with Gasteiger partial charge in [-0.05, 0) is 48.4 Å². The Morgan fingerprint density at radius 2 is 1.76 bits per heavy atom. The van der Waals surface area contributed by atoms with Crippen molar-refractivity contribution < 1.29 is 37.7 Å². The number of hydrogen-bond donors (Lipinski definition) is 1.